The SMILES string of the molecule is Cc1[nH]c2c(Cl)c(Cl)ccc2c1CC(=O)O. The molecule has 84 valence electrons. The molecule has 1 aromatic carbocycles. The Labute approximate surface area is 102 Å². The molecule has 1 heterocycles. The minimum atomic E-state index is -0.866. The topological polar surface area (TPSA) is 53.1 Å². The minimum absolute atomic E-state index is 0.0240. The number of hydrogen-bond donors (Lipinski definition) is 2. The predicted octanol–water partition coefficient (Wildman–Crippen LogP) is 3.41. The van der Waals surface area contributed by atoms with Crippen molar-refractivity contribution in [3.05, 3.63) is 33.4 Å². The van der Waals surface area contributed by atoms with E-state index < -0.39 is 5.97 Å². The number of carbonyl (C=O) groups is 1. The highest BCUT2D eigenvalue weighted by Crippen LogP contribution is 2.33. The first-order valence-electron chi connectivity index (χ1n) is 4.67. The van der Waals surface area contributed by atoms with E-state index in [-0.39, 0.29) is 6.42 Å². The molecule has 0 amide bonds. The van der Waals surface area contributed by atoms with Crippen molar-refractivity contribution < 1.29 is 9.90 Å². The summed E-state index contributed by atoms with van der Waals surface area (Å²) in [6.45, 7) is 1.82. The van der Waals surface area contributed by atoms with Crippen LogP contribution in [0.1, 0.15) is 11.3 Å². The summed E-state index contributed by atoms with van der Waals surface area (Å²) < 4.78 is 0. The van der Waals surface area contributed by atoms with Crippen molar-refractivity contribution >= 4 is 40.1 Å². The van der Waals surface area contributed by atoms with E-state index in [9.17, 15) is 4.79 Å². The van der Waals surface area contributed by atoms with Gasteiger partial charge in [-0.25, -0.2) is 0 Å². The van der Waals surface area contributed by atoms with Crippen molar-refractivity contribution in [1.29, 1.82) is 0 Å². The number of aromatic amines is 1. The Hall–Kier alpha value is -1.19. The summed E-state index contributed by atoms with van der Waals surface area (Å²) in [7, 11) is 0. The van der Waals surface area contributed by atoms with E-state index in [0.717, 1.165) is 16.6 Å². The van der Waals surface area contributed by atoms with Crippen molar-refractivity contribution in [3.8, 4) is 0 Å². The van der Waals surface area contributed by atoms with Gasteiger partial charge in [0.2, 0.25) is 0 Å². The number of rotatable bonds is 2. The predicted molar refractivity (Wildman–Crippen MR) is 64.4 cm³/mol. The highest BCUT2D eigenvalue weighted by molar-refractivity contribution is 6.45. The number of aryl methyl sites for hydroxylation is 1. The summed E-state index contributed by atoms with van der Waals surface area (Å²) in [6.07, 6.45) is -0.0240. The molecule has 16 heavy (non-hydrogen) atoms. The molecule has 0 saturated carbocycles. The van der Waals surface area contributed by atoms with E-state index in [1.54, 1.807) is 12.1 Å². The molecule has 3 nitrogen and oxygen atoms in total. The van der Waals surface area contributed by atoms with Gasteiger partial charge in [0.05, 0.1) is 22.0 Å². The van der Waals surface area contributed by atoms with Crippen molar-refractivity contribution in [2.45, 2.75) is 13.3 Å². The number of aromatic nitrogens is 1. The highest BCUT2D eigenvalue weighted by atomic mass is 35.5. The van der Waals surface area contributed by atoms with Gasteiger partial charge in [0.1, 0.15) is 0 Å². The number of halogens is 2. The number of carboxylic acids is 1. The second-order valence-electron chi connectivity index (χ2n) is 3.58. The average molecular weight is 258 g/mol. The van der Waals surface area contributed by atoms with Crippen molar-refractivity contribution in [3.63, 3.8) is 0 Å². The van der Waals surface area contributed by atoms with Crippen LogP contribution < -0.4 is 0 Å². The maximum absolute atomic E-state index is 10.7. The zero-order chi connectivity index (χ0) is 11.9. The number of benzene rings is 1. The largest absolute Gasteiger partial charge is 0.481 e. The van der Waals surface area contributed by atoms with Gasteiger partial charge < -0.3 is 10.1 Å². The Morgan fingerprint density at radius 2 is 2.12 bits per heavy atom. The van der Waals surface area contributed by atoms with Gasteiger partial charge in [0, 0.05) is 11.1 Å². The second kappa shape index (κ2) is 4.00. The fourth-order valence-corrected chi connectivity index (χ4v) is 2.14. The monoisotopic (exact) mass is 257 g/mol. The van der Waals surface area contributed by atoms with Gasteiger partial charge in [0.15, 0.2) is 0 Å². The lowest BCUT2D eigenvalue weighted by molar-refractivity contribution is -0.136. The van der Waals surface area contributed by atoms with E-state index in [4.69, 9.17) is 28.3 Å². The lowest BCUT2D eigenvalue weighted by Crippen LogP contribution is -2.00. The summed E-state index contributed by atoms with van der Waals surface area (Å²) in [5.41, 5.74) is 2.26. The summed E-state index contributed by atoms with van der Waals surface area (Å²) in [6, 6.07) is 3.45. The van der Waals surface area contributed by atoms with Crippen LogP contribution in [0.15, 0.2) is 12.1 Å². The lowest BCUT2D eigenvalue weighted by Gasteiger charge is -1.98. The number of fused-ring (bicyclic) bond motifs is 1. The molecule has 0 saturated heterocycles. The molecule has 1 aromatic heterocycles. The number of hydrogen-bond acceptors (Lipinski definition) is 1. The van der Waals surface area contributed by atoms with Gasteiger partial charge in [-0.05, 0) is 18.6 Å². The van der Waals surface area contributed by atoms with Gasteiger partial charge in [0.25, 0.3) is 0 Å². The van der Waals surface area contributed by atoms with E-state index in [2.05, 4.69) is 4.98 Å². The molecule has 0 atom stereocenters. The molecule has 0 radical (unpaired) electrons. The van der Waals surface area contributed by atoms with Gasteiger partial charge >= 0.3 is 5.97 Å². The number of H-pyrrole nitrogens is 1. The van der Waals surface area contributed by atoms with Gasteiger partial charge in [-0.3, -0.25) is 4.79 Å². The lowest BCUT2D eigenvalue weighted by atomic mass is 10.1. The third kappa shape index (κ3) is 1.77. The van der Waals surface area contributed by atoms with Crippen LogP contribution in [0.3, 0.4) is 0 Å². The molecule has 2 rings (SSSR count). The molecule has 0 aliphatic heterocycles. The Morgan fingerprint density at radius 1 is 1.44 bits per heavy atom. The molecular formula is C11H9Cl2NO2. The minimum Gasteiger partial charge on any atom is -0.481 e. The highest BCUT2D eigenvalue weighted by Gasteiger charge is 2.14. The third-order valence-electron chi connectivity index (χ3n) is 2.51. The van der Waals surface area contributed by atoms with Crippen molar-refractivity contribution in [2.24, 2.45) is 0 Å². The van der Waals surface area contributed by atoms with E-state index in [1.165, 1.54) is 0 Å². The number of aliphatic carboxylic acids is 1. The van der Waals surface area contributed by atoms with E-state index in [0.29, 0.717) is 15.6 Å². The van der Waals surface area contributed by atoms with Crippen molar-refractivity contribution in [1.82, 2.24) is 4.98 Å². The third-order valence-corrected chi connectivity index (χ3v) is 3.32. The first-order valence-corrected chi connectivity index (χ1v) is 5.43. The molecule has 0 aliphatic carbocycles. The first-order chi connectivity index (χ1) is 7.50. The smallest absolute Gasteiger partial charge is 0.307 e. The van der Waals surface area contributed by atoms with Crippen LogP contribution >= 0.6 is 23.2 Å². The summed E-state index contributed by atoms with van der Waals surface area (Å²) >= 11 is 11.9. The van der Waals surface area contributed by atoms with E-state index >= 15 is 0 Å². The molecule has 2 aromatic rings. The average Bonchev–Trinajstić information content (AvgIpc) is 2.51. The maximum atomic E-state index is 10.7. The number of nitrogens with one attached hydrogen (secondary N) is 1. The van der Waals surface area contributed by atoms with Crippen LogP contribution in [-0.2, 0) is 11.2 Å². The molecule has 5 heteroatoms. The van der Waals surface area contributed by atoms with Gasteiger partial charge in [-0.2, -0.15) is 0 Å². The summed E-state index contributed by atoms with van der Waals surface area (Å²) in [4.78, 5) is 13.8. The fraction of sp³-hybridized carbons (Fsp3) is 0.182. The molecular weight excluding hydrogens is 249 g/mol. The standard InChI is InChI=1S/C11H9Cl2NO2/c1-5-7(4-9(15)16)6-2-3-8(12)10(13)11(6)14-5/h2-3,14H,4H2,1H3,(H,15,16). The van der Waals surface area contributed by atoms with Crippen LogP contribution in [0.5, 0.6) is 0 Å². The Balaban J connectivity index is 2.71. The van der Waals surface area contributed by atoms with Crippen LogP contribution in [0.4, 0.5) is 0 Å². The summed E-state index contributed by atoms with van der Waals surface area (Å²) in [5, 5.41) is 10.5. The quantitative estimate of drug-likeness (QED) is 0.867. The molecule has 0 unspecified atom stereocenters. The van der Waals surface area contributed by atoms with Crippen LogP contribution in [0.25, 0.3) is 10.9 Å². The van der Waals surface area contributed by atoms with Gasteiger partial charge in [-0.15, -0.1) is 0 Å². The Bertz CT molecular complexity index is 575. The molecule has 0 bridgehead atoms. The molecule has 0 spiro atoms. The zero-order valence-electron chi connectivity index (χ0n) is 8.47. The molecule has 0 fully saturated rings. The second-order valence-corrected chi connectivity index (χ2v) is 4.37. The van der Waals surface area contributed by atoms with Gasteiger partial charge in [-0.1, -0.05) is 29.3 Å². The van der Waals surface area contributed by atoms with Crippen LogP contribution in [0.2, 0.25) is 10.0 Å². The number of carboxylic acid groups (broad SMARTS) is 1. The normalized spacial score (nSPS) is 10.9. The Morgan fingerprint density at radius 3 is 2.75 bits per heavy atom. The van der Waals surface area contributed by atoms with E-state index in [1.807, 2.05) is 6.92 Å². The maximum Gasteiger partial charge on any atom is 0.307 e. The first kappa shape index (κ1) is 11.3. The molecule has 0 aliphatic rings. The summed E-state index contributed by atoms with van der Waals surface area (Å²) in [5.74, 6) is -0.866. The van der Waals surface area contributed by atoms with Crippen LogP contribution in [0, 0.1) is 6.92 Å². The zero-order valence-corrected chi connectivity index (χ0v) is 9.99. The molecule has 2 N–H and O–H groups in total. The fourth-order valence-electron chi connectivity index (χ4n) is 1.77. The Kier molecular flexibility index (Phi) is 2.82. The van der Waals surface area contributed by atoms with Crippen molar-refractivity contribution in [2.75, 3.05) is 0 Å². The van der Waals surface area contributed by atoms with Crippen LogP contribution in [-0.4, -0.2) is 16.1 Å².